The van der Waals surface area contributed by atoms with E-state index in [1.165, 1.54) is 17.0 Å². The number of methoxy groups -OCH3 is 1. The molecule has 0 spiro atoms. The number of ether oxygens (including phenoxy) is 2. The molecule has 7 nitrogen and oxygen atoms in total. The number of carbonyl (C=O) groups excluding carboxylic acids is 2. The van der Waals surface area contributed by atoms with Crippen molar-refractivity contribution in [1.82, 2.24) is 4.90 Å². The number of ketones is 1. The molecule has 2 N–H and O–H groups in total. The maximum absolute atomic E-state index is 13.2. The van der Waals surface area contributed by atoms with Crippen LogP contribution in [0.15, 0.2) is 48.0 Å². The molecule has 0 aliphatic carbocycles. The zero-order chi connectivity index (χ0) is 24.6. The summed E-state index contributed by atoms with van der Waals surface area (Å²) >= 11 is 0. The first kappa shape index (κ1) is 23.8. The highest BCUT2D eigenvalue weighted by atomic mass is 16.5. The molecule has 1 amide bonds. The van der Waals surface area contributed by atoms with E-state index in [1.54, 1.807) is 37.4 Å². The van der Waals surface area contributed by atoms with Gasteiger partial charge in [0.05, 0.1) is 24.8 Å². The summed E-state index contributed by atoms with van der Waals surface area (Å²) in [6.45, 7) is 6.98. The van der Waals surface area contributed by atoms with E-state index in [1.807, 2.05) is 20.8 Å². The van der Waals surface area contributed by atoms with Crippen molar-refractivity contribution in [3.05, 3.63) is 64.7 Å². The van der Waals surface area contributed by atoms with Gasteiger partial charge in [0.1, 0.15) is 17.3 Å². The van der Waals surface area contributed by atoms with Gasteiger partial charge in [-0.25, -0.2) is 0 Å². The summed E-state index contributed by atoms with van der Waals surface area (Å²) < 4.78 is 11.2. The molecule has 2 fully saturated rings. The Hall–Kier alpha value is -3.32. The van der Waals surface area contributed by atoms with E-state index in [9.17, 15) is 19.8 Å². The summed E-state index contributed by atoms with van der Waals surface area (Å²) in [5, 5.41) is 21.2. The average molecular weight is 466 g/mol. The first-order valence-electron chi connectivity index (χ1n) is 11.5. The lowest BCUT2D eigenvalue weighted by atomic mass is 9.84. The molecule has 34 heavy (non-hydrogen) atoms. The first-order valence-corrected chi connectivity index (χ1v) is 11.5. The van der Waals surface area contributed by atoms with Crippen LogP contribution in [0.4, 0.5) is 0 Å². The molecule has 0 radical (unpaired) electrons. The molecule has 0 bridgehead atoms. The molecular formula is C27H31NO6. The monoisotopic (exact) mass is 465 g/mol. The van der Waals surface area contributed by atoms with Crippen LogP contribution in [0, 0.1) is 0 Å². The minimum atomic E-state index is -0.787. The van der Waals surface area contributed by atoms with Crippen LogP contribution in [0.2, 0.25) is 0 Å². The molecule has 0 saturated carbocycles. The third-order valence-corrected chi connectivity index (χ3v) is 6.45. The minimum absolute atomic E-state index is 0.0266. The second kappa shape index (κ2) is 9.14. The molecule has 2 aromatic rings. The molecule has 0 aromatic heterocycles. The van der Waals surface area contributed by atoms with Gasteiger partial charge in [-0.1, -0.05) is 32.9 Å². The number of Topliss-reactive ketones (excluding diaryl/α,β-unsaturated/α-hetero) is 1. The van der Waals surface area contributed by atoms with Crippen LogP contribution in [0.5, 0.6) is 11.5 Å². The Labute approximate surface area is 199 Å². The van der Waals surface area contributed by atoms with Gasteiger partial charge in [-0.3, -0.25) is 9.59 Å². The normalized spacial score (nSPS) is 22.4. The number of phenols is 1. The predicted octanol–water partition coefficient (Wildman–Crippen LogP) is 4.30. The van der Waals surface area contributed by atoms with Crippen LogP contribution in [0.3, 0.4) is 0 Å². The van der Waals surface area contributed by atoms with E-state index in [-0.39, 0.29) is 35.1 Å². The average Bonchev–Trinajstić information content (AvgIpc) is 3.40. The van der Waals surface area contributed by atoms with E-state index < -0.39 is 17.7 Å². The van der Waals surface area contributed by atoms with Gasteiger partial charge >= 0.3 is 0 Å². The molecule has 2 aromatic carbocycles. The Kier molecular flexibility index (Phi) is 6.41. The predicted molar refractivity (Wildman–Crippen MR) is 128 cm³/mol. The Bertz CT molecular complexity index is 1120. The second-order valence-corrected chi connectivity index (χ2v) is 9.84. The number of aromatic hydroxyl groups is 1. The number of hydrogen-bond acceptors (Lipinski definition) is 6. The van der Waals surface area contributed by atoms with Gasteiger partial charge in [-0.15, -0.1) is 0 Å². The quantitative estimate of drug-likeness (QED) is 0.388. The van der Waals surface area contributed by atoms with Gasteiger partial charge in [-0.05, 0) is 54.2 Å². The molecule has 2 saturated heterocycles. The third kappa shape index (κ3) is 4.40. The van der Waals surface area contributed by atoms with Gasteiger partial charge in [-0.2, -0.15) is 0 Å². The lowest BCUT2D eigenvalue weighted by Crippen LogP contribution is -2.36. The van der Waals surface area contributed by atoms with Crippen LogP contribution < -0.4 is 4.74 Å². The number of hydrogen-bond donors (Lipinski definition) is 2. The summed E-state index contributed by atoms with van der Waals surface area (Å²) in [7, 11) is 1.59. The zero-order valence-corrected chi connectivity index (χ0v) is 20.0. The van der Waals surface area contributed by atoms with Gasteiger partial charge in [0.2, 0.25) is 0 Å². The largest absolute Gasteiger partial charge is 0.508 e. The fourth-order valence-corrected chi connectivity index (χ4v) is 4.68. The molecule has 2 unspecified atom stereocenters. The SMILES string of the molecule is COc1ccc(/C(O)=C2/C(=O)C(=O)N(CC3CCCO3)C2c2ccc(O)cc2)cc1C(C)(C)C. The van der Waals surface area contributed by atoms with E-state index in [4.69, 9.17) is 9.47 Å². The number of amides is 1. The van der Waals surface area contributed by atoms with Gasteiger partial charge in [0.25, 0.3) is 11.7 Å². The first-order chi connectivity index (χ1) is 16.1. The minimum Gasteiger partial charge on any atom is -0.508 e. The van der Waals surface area contributed by atoms with E-state index in [0.29, 0.717) is 23.5 Å². The highest BCUT2D eigenvalue weighted by molar-refractivity contribution is 6.46. The summed E-state index contributed by atoms with van der Waals surface area (Å²) in [5.74, 6) is -0.886. The lowest BCUT2D eigenvalue weighted by Gasteiger charge is -2.27. The van der Waals surface area contributed by atoms with Gasteiger partial charge in [0, 0.05) is 24.3 Å². The molecule has 2 aliphatic heterocycles. The highest BCUT2D eigenvalue weighted by Gasteiger charge is 2.47. The number of aliphatic hydroxyl groups excluding tert-OH is 1. The van der Waals surface area contributed by atoms with Crippen molar-refractivity contribution in [2.45, 2.75) is 51.2 Å². The lowest BCUT2D eigenvalue weighted by molar-refractivity contribution is -0.140. The van der Waals surface area contributed by atoms with Gasteiger partial charge < -0.3 is 24.6 Å². The van der Waals surface area contributed by atoms with Gasteiger partial charge in [0.15, 0.2) is 0 Å². The van der Waals surface area contributed by atoms with Crippen molar-refractivity contribution < 1.29 is 29.3 Å². The summed E-state index contributed by atoms with van der Waals surface area (Å²) in [4.78, 5) is 27.8. The molecular weight excluding hydrogens is 434 g/mol. The number of nitrogens with zero attached hydrogens (tertiary/aromatic N) is 1. The number of rotatable bonds is 5. The number of likely N-dealkylation sites (tertiary alicyclic amines) is 1. The number of aliphatic hydroxyl groups is 1. The van der Waals surface area contributed by atoms with Crippen molar-refractivity contribution in [1.29, 1.82) is 0 Å². The molecule has 2 atom stereocenters. The Morgan fingerprint density at radius 3 is 2.44 bits per heavy atom. The highest BCUT2D eigenvalue weighted by Crippen LogP contribution is 2.41. The van der Waals surface area contributed by atoms with Crippen LogP contribution in [0.1, 0.15) is 56.3 Å². The van der Waals surface area contributed by atoms with E-state index >= 15 is 0 Å². The summed E-state index contributed by atoms with van der Waals surface area (Å²) in [6.07, 6.45) is 1.55. The van der Waals surface area contributed by atoms with Crippen molar-refractivity contribution in [2.24, 2.45) is 0 Å². The van der Waals surface area contributed by atoms with E-state index in [2.05, 4.69) is 0 Å². The van der Waals surface area contributed by atoms with Crippen LogP contribution in [-0.2, 0) is 19.7 Å². The second-order valence-electron chi connectivity index (χ2n) is 9.84. The Balaban J connectivity index is 1.85. The Morgan fingerprint density at radius 2 is 1.85 bits per heavy atom. The van der Waals surface area contributed by atoms with Crippen LogP contribution in [-0.4, -0.2) is 53.2 Å². The van der Waals surface area contributed by atoms with Crippen molar-refractivity contribution in [3.8, 4) is 11.5 Å². The standard InChI is InChI=1S/C27H31NO6/c1-27(2,3)20-14-17(9-12-21(20)33-4)24(30)22-23(16-7-10-18(29)11-8-16)28(26(32)25(22)31)15-19-6-5-13-34-19/h7-12,14,19,23,29-30H,5-6,13,15H2,1-4H3/b24-22-. The van der Waals surface area contributed by atoms with Crippen molar-refractivity contribution in [3.63, 3.8) is 0 Å². The molecule has 2 heterocycles. The fraction of sp³-hybridized carbons (Fsp3) is 0.407. The van der Waals surface area contributed by atoms with Crippen LogP contribution >= 0.6 is 0 Å². The maximum atomic E-state index is 13.2. The third-order valence-electron chi connectivity index (χ3n) is 6.45. The Morgan fingerprint density at radius 1 is 1.15 bits per heavy atom. The number of phenolic OH excluding ortho intramolecular Hbond substituents is 1. The molecule has 4 rings (SSSR count). The smallest absolute Gasteiger partial charge is 0.295 e. The zero-order valence-electron chi connectivity index (χ0n) is 20.0. The van der Waals surface area contributed by atoms with Crippen molar-refractivity contribution in [2.75, 3.05) is 20.3 Å². The summed E-state index contributed by atoms with van der Waals surface area (Å²) in [5.41, 5.74) is 1.68. The van der Waals surface area contributed by atoms with Crippen molar-refractivity contribution >= 4 is 17.4 Å². The maximum Gasteiger partial charge on any atom is 0.295 e. The molecule has 7 heteroatoms. The summed E-state index contributed by atoms with van der Waals surface area (Å²) in [6, 6.07) is 10.8. The fourth-order valence-electron chi connectivity index (χ4n) is 4.68. The van der Waals surface area contributed by atoms with Crippen LogP contribution in [0.25, 0.3) is 5.76 Å². The topological polar surface area (TPSA) is 96.3 Å². The number of benzene rings is 2. The number of carbonyl (C=O) groups is 2. The molecule has 180 valence electrons. The molecule has 2 aliphatic rings. The van der Waals surface area contributed by atoms with E-state index in [0.717, 1.165) is 18.4 Å².